The fourth-order valence-electron chi connectivity index (χ4n) is 2.11. The van der Waals surface area contributed by atoms with E-state index in [4.69, 9.17) is 5.11 Å². The number of rotatable bonds is 6. The third-order valence-corrected chi connectivity index (χ3v) is 4.60. The van der Waals surface area contributed by atoms with E-state index in [2.05, 4.69) is 0 Å². The fourth-order valence-corrected chi connectivity index (χ4v) is 3.16. The summed E-state index contributed by atoms with van der Waals surface area (Å²) < 4.78 is 0. The Labute approximate surface area is 141 Å². The molecule has 0 unspecified atom stereocenters. The van der Waals surface area contributed by atoms with Crippen LogP contribution in [-0.2, 0) is 4.79 Å². The molecule has 122 valence electrons. The molecule has 3 nitrogen and oxygen atoms in total. The maximum absolute atomic E-state index is 11.6. The molecule has 0 bridgehead atoms. The first-order valence-corrected chi connectivity index (χ1v) is 8.09. The van der Waals surface area contributed by atoms with Crippen LogP contribution in [0.2, 0.25) is 0 Å². The van der Waals surface area contributed by atoms with Crippen LogP contribution in [0.4, 0.5) is 0 Å². The molecule has 4 heteroatoms. The molecule has 0 atom stereocenters. The SMILES string of the molecule is CC(=O)c1sc(C)c(/C=C/C(C)=C/C=C/C(C)=C/C(=O)O)c1C. The highest BCUT2D eigenvalue weighted by Crippen LogP contribution is 2.29. The van der Waals surface area contributed by atoms with Crippen LogP contribution < -0.4 is 0 Å². The summed E-state index contributed by atoms with van der Waals surface area (Å²) in [6.07, 6.45) is 10.7. The number of aryl methyl sites for hydroxylation is 1. The molecule has 0 aliphatic rings. The second-order valence-electron chi connectivity index (χ2n) is 5.41. The Morgan fingerprint density at radius 1 is 1.04 bits per heavy atom. The number of hydrogen-bond acceptors (Lipinski definition) is 3. The van der Waals surface area contributed by atoms with Crippen LogP contribution in [0.1, 0.15) is 46.4 Å². The normalized spacial score (nSPS) is 13.3. The molecule has 0 aliphatic carbocycles. The van der Waals surface area contributed by atoms with Crippen molar-refractivity contribution in [2.24, 2.45) is 0 Å². The Hall–Kier alpha value is -2.20. The molecule has 1 aromatic rings. The highest BCUT2D eigenvalue weighted by molar-refractivity contribution is 7.14. The van der Waals surface area contributed by atoms with Gasteiger partial charge in [0.25, 0.3) is 0 Å². The molecular formula is C19H22O3S. The second kappa shape index (κ2) is 8.44. The summed E-state index contributed by atoms with van der Waals surface area (Å²) in [5.74, 6) is -0.844. The van der Waals surface area contributed by atoms with Crippen LogP contribution in [0.15, 0.2) is 41.5 Å². The maximum Gasteiger partial charge on any atom is 0.328 e. The fraction of sp³-hybridized carbons (Fsp3) is 0.263. The minimum atomic E-state index is -0.947. The van der Waals surface area contributed by atoms with E-state index < -0.39 is 5.97 Å². The first kappa shape index (κ1) is 18.8. The molecule has 1 N–H and O–H groups in total. The molecule has 0 fully saturated rings. The van der Waals surface area contributed by atoms with Crippen molar-refractivity contribution < 1.29 is 14.7 Å². The number of carbonyl (C=O) groups excluding carboxylic acids is 1. The summed E-state index contributed by atoms with van der Waals surface area (Å²) in [6.45, 7) is 9.29. The van der Waals surface area contributed by atoms with Crippen LogP contribution in [0.5, 0.6) is 0 Å². The molecule has 0 amide bonds. The number of ketones is 1. The summed E-state index contributed by atoms with van der Waals surface area (Å²) in [5.41, 5.74) is 3.85. The van der Waals surface area contributed by atoms with Gasteiger partial charge in [-0.15, -0.1) is 11.3 Å². The van der Waals surface area contributed by atoms with Gasteiger partial charge in [0.05, 0.1) is 4.88 Å². The first-order chi connectivity index (χ1) is 10.7. The van der Waals surface area contributed by atoms with Crippen LogP contribution in [0, 0.1) is 13.8 Å². The number of aliphatic carboxylic acids is 1. The van der Waals surface area contributed by atoms with Crippen LogP contribution in [0.25, 0.3) is 6.08 Å². The summed E-state index contributed by atoms with van der Waals surface area (Å²) in [7, 11) is 0. The number of hydrogen-bond donors (Lipinski definition) is 1. The lowest BCUT2D eigenvalue weighted by Crippen LogP contribution is -1.90. The van der Waals surface area contributed by atoms with E-state index in [1.54, 1.807) is 19.9 Å². The number of thiophene rings is 1. The molecule has 0 spiro atoms. The zero-order valence-electron chi connectivity index (χ0n) is 14.1. The van der Waals surface area contributed by atoms with Crippen LogP contribution >= 0.6 is 11.3 Å². The zero-order valence-corrected chi connectivity index (χ0v) is 15.0. The summed E-state index contributed by atoms with van der Waals surface area (Å²) >= 11 is 1.53. The molecule has 0 aromatic carbocycles. The number of carbonyl (C=O) groups is 2. The molecule has 0 saturated heterocycles. The van der Waals surface area contributed by atoms with Gasteiger partial charge in [0.15, 0.2) is 5.78 Å². The third kappa shape index (κ3) is 5.83. The number of Topliss-reactive ketones (excluding diaryl/α,β-unsaturated/α-hetero) is 1. The third-order valence-electron chi connectivity index (χ3n) is 3.28. The van der Waals surface area contributed by atoms with Crippen molar-refractivity contribution in [3.63, 3.8) is 0 Å². The average molecular weight is 330 g/mol. The largest absolute Gasteiger partial charge is 0.478 e. The van der Waals surface area contributed by atoms with Gasteiger partial charge in [-0.3, -0.25) is 4.79 Å². The minimum absolute atomic E-state index is 0.103. The predicted molar refractivity (Wildman–Crippen MR) is 97.1 cm³/mol. The maximum atomic E-state index is 11.6. The molecule has 0 radical (unpaired) electrons. The van der Waals surface area contributed by atoms with Crippen molar-refractivity contribution in [2.45, 2.75) is 34.6 Å². The van der Waals surface area contributed by atoms with Crippen LogP contribution in [-0.4, -0.2) is 16.9 Å². The van der Waals surface area contributed by atoms with Crippen molar-refractivity contribution in [3.8, 4) is 0 Å². The van der Waals surface area contributed by atoms with Crippen molar-refractivity contribution in [1.82, 2.24) is 0 Å². The van der Waals surface area contributed by atoms with Crippen molar-refractivity contribution in [3.05, 3.63) is 62.4 Å². The lowest BCUT2D eigenvalue weighted by atomic mass is 10.1. The quantitative estimate of drug-likeness (QED) is 0.448. The van der Waals surface area contributed by atoms with Gasteiger partial charge < -0.3 is 5.11 Å². The summed E-state index contributed by atoms with van der Waals surface area (Å²) in [6, 6.07) is 0. The number of carboxylic acid groups (broad SMARTS) is 1. The highest BCUT2D eigenvalue weighted by Gasteiger charge is 2.12. The Kier molecular flexibility index (Phi) is 6.91. The average Bonchev–Trinajstić information content (AvgIpc) is 2.71. The van der Waals surface area contributed by atoms with E-state index in [0.717, 1.165) is 32.5 Å². The Bertz CT molecular complexity index is 728. The van der Waals surface area contributed by atoms with Gasteiger partial charge in [0.1, 0.15) is 0 Å². The van der Waals surface area contributed by atoms with Gasteiger partial charge in [-0.1, -0.05) is 36.0 Å². The minimum Gasteiger partial charge on any atom is -0.478 e. The molecule has 1 aromatic heterocycles. The van der Waals surface area contributed by atoms with E-state index in [0.29, 0.717) is 5.57 Å². The highest BCUT2D eigenvalue weighted by atomic mass is 32.1. The smallest absolute Gasteiger partial charge is 0.328 e. The number of allylic oxidation sites excluding steroid dienone is 6. The molecule has 23 heavy (non-hydrogen) atoms. The van der Waals surface area contributed by atoms with Gasteiger partial charge in [0, 0.05) is 11.0 Å². The Morgan fingerprint density at radius 2 is 1.70 bits per heavy atom. The van der Waals surface area contributed by atoms with Gasteiger partial charge in [-0.2, -0.15) is 0 Å². The van der Waals surface area contributed by atoms with E-state index in [-0.39, 0.29) is 5.78 Å². The van der Waals surface area contributed by atoms with E-state index in [9.17, 15) is 9.59 Å². The second-order valence-corrected chi connectivity index (χ2v) is 6.64. The van der Waals surface area contributed by atoms with E-state index >= 15 is 0 Å². The molecular weight excluding hydrogens is 308 g/mol. The first-order valence-electron chi connectivity index (χ1n) is 7.27. The van der Waals surface area contributed by atoms with Gasteiger partial charge in [-0.05, 0) is 51.3 Å². The summed E-state index contributed by atoms with van der Waals surface area (Å²) in [5, 5.41) is 8.64. The standard InChI is InChI=1S/C19H22O3S/c1-12(7-6-8-13(2)11-18(21)22)9-10-17-14(3)19(15(4)20)23-16(17)5/h6-11H,1-5H3,(H,21,22)/b8-6+,10-9+,12-7+,13-11+. The molecule has 1 rings (SSSR count). The van der Waals surface area contributed by atoms with Crippen molar-refractivity contribution in [1.29, 1.82) is 0 Å². The number of carboxylic acids is 1. The van der Waals surface area contributed by atoms with Crippen molar-refractivity contribution in [2.75, 3.05) is 0 Å². The molecule has 0 saturated carbocycles. The van der Waals surface area contributed by atoms with Gasteiger partial charge in [-0.25, -0.2) is 4.79 Å². The monoisotopic (exact) mass is 330 g/mol. The predicted octanol–water partition coefficient (Wildman–Crippen LogP) is 5.11. The lowest BCUT2D eigenvalue weighted by Gasteiger charge is -1.96. The van der Waals surface area contributed by atoms with Gasteiger partial charge in [0.2, 0.25) is 0 Å². The molecule has 0 aliphatic heterocycles. The van der Waals surface area contributed by atoms with E-state index in [1.165, 1.54) is 11.3 Å². The molecule has 1 heterocycles. The lowest BCUT2D eigenvalue weighted by molar-refractivity contribution is -0.131. The zero-order chi connectivity index (χ0) is 17.6. The Balaban J connectivity index is 2.89. The summed E-state index contributed by atoms with van der Waals surface area (Å²) in [4.78, 5) is 24.0. The van der Waals surface area contributed by atoms with Crippen molar-refractivity contribution >= 4 is 29.2 Å². The topological polar surface area (TPSA) is 54.4 Å². The Morgan fingerprint density at radius 3 is 2.22 bits per heavy atom. The van der Waals surface area contributed by atoms with Crippen LogP contribution in [0.3, 0.4) is 0 Å². The van der Waals surface area contributed by atoms with Gasteiger partial charge >= 0.3 is 5.97 Å². The van der Waals surface area contributed by atoms with E-state index in [1.807, 2.05) is 45.1 Å².